The van der Waals surface area contributed by atoms with Crippen LogP contribution in [0, 0.1) is 5.92 Å². The number of halogens is 3. The molecule has 1 amide bonds. The number of amides is 1. The van der Waals surface area contributed by atoms with E-state index in [1.807, 2.05) is 25.3 Å². The molecule has 1 spiro atoms. The second-order valence-electron chi connectivity index (χ2n) is 13.7. The van der Waals surface area contributed by atoms with E-state index in [9.17, 15) is 23.1 Å². The van der Waals surface area contributed by atoms with Gasteiger partial charge in [-0.2, -0.15) is 18.3 Å². The second-order valence-corrected chi connectivity index (χ2v) is 14.5. The molecule has 0 saturated carbocycles. The van der Waals surface area contributed by atoms with Crippen molar-refractivity contribution in [1.82, 2.24) is 24.4 Å². The Bertz CT molecular complexity index is 1340. The van der Waals surface area contributed by atoms with Gasteiger partial charge in [0, 0.05) is 31.1 Å². The van der Waals surface area contributed by atoms with E-state index < -0.39 is 53.6 Å². The number of fused-ring (bicyclic) bond motifs is 1. The molecule has 5 heterocycles. The number of ether oxygens (including phenoxy) is 3. The standard InChI is InChI=1S/C30H44F3N5O5S/c1-18-21(41-24(23(18)42-28(5,6)40)19-8-9-20-25(44-7)34-17-35-38(19)20)16-37-22(30(31,32)33)10-11-29(37)12-14-36(15-13-29)26(39)43-27(2,3)4/h8-9,17-18,21-24,40H,10-16H2,1-7H3/t18-,21-,22?,23-,24+/m1/s1. The first-order valence-corrected chi connectivity index (χ1v) is 16.4. The Morgan fingerprint density at radius 1 is 1.16 bits per heavy atom. The number of rotatable bonds is 6. The van der Waals surface area contributed by atoms with Gasteiger partial charge in [0.2, 0.25) is 0 Å². The Morgan fingerprint density at radius 2 is 1.84 bits per heavy atom. The van der Waals surface area contributed by atoms with Crippen molar-refractivity contribution in [3.8, 4) is 0 Å². The lowest BCUT2D eigenvalue weighted by molar-refractivity contribution is -0.221. The Balaban J connectivity index is 1.42. The number of piperidine rings is 1. The van der Waals surface area contributed by atoms with E-state index in [2.05, 4.69) is 10.1 Å². The number of hydrogen-bond donors (Lipinski definition) is 1. The molecule has 0 bridgehead atoms. The summed E-state index contributed by atoms with van der Waals surface area (Å²) in [6.07, 6.45) is -2.27. The van der Waals surface area contributed by atoms with Gasteiger partial charge in [0.25, 0.3) is 0 Å². The minimum Gasteiger partial charge on any atom is -0.444 e. The monoisotopic (exact) mass is 643 g/mol. The first kappa shape index (κ1) is 33.2. The average Bonchev–Trinajstić information content (AvgIpc) is 3.58. The van der Waals surface area contributed by atoms with Gasteiger partial charge in [0.15, 0.2) is 5.79 Å². The largest absolute Gasteiger partial charge is 0.444 e. The minimum atomic E-state index is -4.42. The fourth-order valence-corrected chi connectivity index (χ4v) is 7.51. The maximum atomic E-state index is 14.5. The van der Waals surface area contributed by atoms with E-state index in [4.69, 9.17) is 14.2 Å². The highest BCUT2D eigenvalue weighted by atomic mass is 32.2. The number of hydrogen-bond acceptors (Lipinski definition) is 9. The van der Waals surface area contributed by atoms with Crippen LogP contribution in [0.15, 0.2) is 23.5 Å². The van der Waals surface area contributed by atoms with E-state index >= 15 is 0 Å². The number of carbonyl (C=O) groups is 1. The number of likely N-dealkylation sites (tertiary alicyclic amines) is 2. The molecule has 44 heavy (non-hydrogen) atoms. The highest BCUT2D eigenvalue weighted by Crippen LogP contribution is 2.49. The Hall–Kier alpha value is -2.13. The molecule has 3 aliphatic heterocycles. The van der Waals surface area contributed by atoms with Crippen molar-refractivity contribution in [2.45, 2.75) is 120 Å². The lowest BCUT2D eigenvalue weighted by Crippen LogP contribution is -2.59. The van der Waals surface area contributed by atoms with E-state index in [1.54, 1.807) is 35.1 Å². The van der Waals surface area contributed by atoms with Crippen LogP contribution in [0.25, 0.3) is 5.52 Å². The number of aromatic nitrogens is 3. The number of aliphatic hydroxyl groups is 1. The quantitative estimate of drug-likeness (QED) is 0.326. The van der Waals surface area contributed by atoms with E-state index in [0.29, 0.717) is 38.0 Å². The molecular weight excluding hydrogens is 599 g/mol. The molecule has 14 heteroatoms. The van der Waals surface area contributed by atoms with E-state index in [-0.39, 0.29) is 18.9 Å². The van der Waals surface area contributed by atoms with Crippen molar-refractivity contribution in [2.75, 3.05) is 25.9 Å². The zero-order valence-electron chi connectivity index (χ0n) is 26.4. The van der Waals surface area contributed by atoms with Gasteiger partial charge in [-0.25, -0.2) is 14.3 Å². The lowest BCUT2D eigenvalue weighted by atomic mass is 9.84. The summed E-state index contributed by atoms with van der Waals surface area (Å²) < 4.78 is 63.5. The van der Waals surface area contributed by atoms with Crippen molar-refractivity contribution < 1.29 is 37.3 Å². The molecule has 5 rings (SSSR count). The fourth-order valence-electron chi connectivity index (χ4n) is 6.99. The van der Waals surface area contributed by atoms with Crippen LogP contribution in [0.1, 0.15) is 79.0 Å². The van der Waals surface area contributed by atoms with Crippen LogP contribution >= 0.6 is 11.8 Å². The van der Waals surface area contributed by atoms with Crippen molar-refractivity contribution in [1.29, 1.82) is 0 Å². The molecule has 3 aliphatic rings. The zero-order valence-corrected chi connectivity index (χ0v) is 27.2. The highest BCUT2D eigenvalue weighted by molar-refractivity contribution is 7.98. The maximum absolute atomic E-state index is 14.5. The SMILES string of the molecule is CSc1ncnn2c([C@@H]3O[C@H](CN4C(C(F)(F)F)CCC45CCN(C(=O)OC(C)(C)C)CC5)[C@@H](C)[C@H]3OC(C)(C)O)ccc12. The van der Waals surface area contributed by atoms with Crippen LogP contribution in [0.5, 0.6) is 0 Å². The summed E-state index contributed by atoms with van der Waals surface area (Å²) in [5.74, 6) is -1.85. The van der Waals surface area contributed by atoms with Gasteiger partial charge in [-0.3, -0.25) is 4.90 Å². The van der Waals surface area contributed by atoms with Gasteiger partial charge in [0.05, 0.1) is 23.4 Å². The van der Waals surface area contributed by atoms with Gasteiger partial charge in [-0.1, -0.05) is 6.92 Å². The number of carbonyl (C=O) groups excluding carboxylic acids is 1. The van der Waals surface area contributed by atoms with Gasteiger partial charge >= 0.3 is 12.3 Å². The molecule has 0 aromatic carbocycles. The van der Waals surface area contributed by atoms with Crippen LogP contribution < -0.4 is 0 Å². The van der Waals surface area contributed by atoms with E-state index in [1.165, 1.54) is 31.9 Å². The van der Waals surface area contributed by atoms with Gasteiger partial charge in [-0.05, 0) is 78.7 Å². The highest BCUT2D eigenvalue weighted by Gasteiger charge is 2.58. The molecule has 2 aromatic heterocycles. The van der Waals surface area contributed by atoms with Crippen LogP contribution in [0.3, 0.4) is 0 Å². The van der Waals surface area contributed by atoms with Gasteiger partial charge in [0.1, 0.15) is 29.1 Å². The van der Waals surface area contributed by atoms with Crippen LogP contribution in [0.2, 0.25) is 0 Å². The lowest BCUT2D eigenvalue weighted by Gasteiger charge is -2.47. The van der Waals surface area contributed by atoms with E-state index in [0.717, 1.165) is 10.5 Å². The summed E-state index contributed by atoms with van der Waals surface area (Å²) in [6, 6.07) is 2.13. The molecule has 2 aromatic rings. The third-order valence-electron chi connectivity index (χ3n) is 9.05. The molecule has 5 atom stereocenters. The Kier molecular flexibility index (Phi) is 8.99. The fraction of sp³-hybridized carbons (Fsp3) is 0.767. The first-order valence-electron chi connectivity index (χ1n) is 15.2. The summed E-state index contributed by atoms with van der Waals surface area (Å²) in [4.78, 5) is 20.2. The van der Waals surface area contributed by atoms with Crippen LogP contribution in [0.4, 0.5) is 18.0 Å². The number of nitrogens with zero attached hydrogens (tertiary/aromatic N) is 5. The van der Waals surface area contributed by atoms with Crippen molar-refractivity contribution in [2.24, 2.45) is 5.92 Å². The predicted octanol–water partition coefficient (Wildman–Crippen LogP) is 5.44. The minimum absolute atomic E-state index is 0.0121. The molecule has 1 N–H and O–H groups in total. The van der Waals surface area contributed by atoms with Crippen LogP contribution in [-0.4, -0.2) is 103 Å². The second kappa shape index (κ2) is 11.9. The summed E-state index contributed by atoms with van der Waals surface area (Å²) in [6.45, 7) is 11.0. The molecule has 3 fully saturated rings. The molecular formula is C30H44F3N5O5S. The third kappa shape index (κ3) is 6.69. The third-order valence-corrected chi connectivity index (χ3v) is 9.75. The molecule has 0 aliphatic carbocycles. The summed E-state index contributed by atoms with van der Waals surface area (Å²) in [7, 11) is 0. The van der Waals surface area contributed by atoms with Crippen molar-refractivity contribution >= 4 is 23.4 Å². The maximum Gasteiger partial charge on any atom is 0.410 e. The Morgan fingerprint density at radius 3 is 2.43 bits per heavy atom. The smallest absolute Gasteiger partial charge is 0.410 e. The topological polar surface area (TPSA) is 102 Å². The van der Waals surface area contributed by atoms with Gasteiger partial charge in [-0.15, -0.1) is 11.8 Å². The first-order chi connectivity index (χ1) is 20.4. The normalized spacial score (nSPS) is 28.3. The molecule has 3 saturated heterocycles. The summed E-state index contributed by atoms with van der Waals surface area (Å²) in [5.41, 5.74) is 0.0732. The van der Waals surface area contributed by atoms with Crippen molar-refractivity contribution in [3.63, 3.8) is 0 Å². The molecule has 0 radical (unpaired) electrons. The molecule has 1 unspecified atom stereocenters. The number of alkyl halides is 3. The summed E-state index contributed by atoms with van der Waals surface area (Å²) in [5, 5.41) is 15.9. The van der Waals surface area contributed by atoms with Gasteiger partial charge < -0.3 is 24.2 Å². The Labute approximate surface area is 260 Å². The zero-order chi connectivity index (χ0) is 32.2. The molecule has 10 nitrogen and oxygen atoms in total. The molecule has 246 valence electrons. The number of thioether (sulfide) groups is 1. The summed E-state index contributed by atoms with van der Waals surface area (Å²) >= 11 is 1.48. The average molecular weight is 644 g/mol. The van der Waals surface area contributed by atoms with Crippen molar-refractivity contribution in [3.05, 3.63) is 24.2 Å². The van der Waals surface area contributed by atoms with Crippen LogP contribution in [-0.2, 0) is 14.2 Å². The predicted molar refractivity (Wildman–Crippen MR) is 158 cm³/mol.